The Hall–Kier alpha value is -1.16. The normalized spacial score (nSPS) is 41.9. The van der Waals surface area contributed by atoms with E-state index in [1.54, 1.807) is 0 Å². The van der Waals surface area contributed by atoms with Gasteiger partial charge in [0.2, 0.25) is 5.95 Å². The van der Waals surface area contributed by atoms with Gasteiger partial charge in [-0.2, -0.15) is 4.39 Å². The number of nitrogens with zero attached hydrogens (tertiary/aromatic N) is 1. The minimum Gasteiger partial charge on any atom is -0.381 e. The molecule has 4 saturated carbocycles. The number of anilines is 1. The van der Waals surface area contributed by atoms with Crippen LogP contribution >= 0.6 is 0 Å². The lowest BCUT2D eigenvalue weighted by molar-refractivity contribution is -0.0738. The summed E-state index contributed by atoms with van der Waals surface area (Å²) in [5.41, 5.74) is 0.954. The van der Waals surface area contributed by atoms with Crippen LogP contribution in [0.3, 0.4) is 0 Å². The van der Waals surface area contributed by atoms with Crippen LogP contribution in [0.15, 0.2) is 18.3 Å². The molecule has 0 aliphatic heterocycles. The summed E-state index contributed by atoms with van der Waals surface area (Å²) in [6.45, 7) is 8.81. The van der Waals surface area contributed by atoms with Crippen molar-refractivity contribution in [3.63, 3.8) is 0 Å². The second-order valence-electron chi connectivity index (χ2n) is 11.8. The molecule has 0 spiro atoms. The summed E-state index contributed by atoms with van der Waals surface area (Å²) >= 11 is 0. The first-order valence-electron chi connectivity index (χ1n) is 13.5. The minimum absolute atomic E-state index is 0.283. The van der Waals surface area contributed by atoms with Gasteiger partial charge in [-0.05, 0) is 131 Å². The second kappa shape index (κ2) is 9.24. The Balaban J connectivity index is 1.26. The number of ether oxygens (including phenoxy) is 1. The highest BCUT2D eigenvalue weighted by molar-refractivity contribution is 5.42. The standard InChI is InChI=1S/C28H43FN2O/c1-4-32-17-19-7-9-21-20(16-19)8-10-23-22(21)13-14-28(3)24(11-12-25(23)28)18(2)31-26-6-5-15-30-27(26)29/h5-6,15,18-25,31H,4,7-14,16-17H2,1-3H3. The molecule has 178 valence electrons. The van der Waals surface area contributed by atoms with Crippen LogP contribution in [0.1, 0.15) is 78.6 Å². The van der Waals surface area contributed by atoms with Crippen LogP contribution in [0.4, 0.5) is 10.1 Å². The third-order valence-corrected chi connectivity index (χ3v) is 10.4. The monoisotopic (exact) mass is 442 g/mol. The molecule has 1 aromatic heterocycles. The molecule has 0 amide bonds. The first kappa shape index (κ1) is 22.6. The molecule has 4 aliphatic rings. The highest BCUT2D eigenvalue weighted by Crippen LogP contribution is 2.65. The van der Waals surface area contributed by atoms with Crippen molar-refractivity contribution in [2.24, 2.45) is 46.8 Å². The highest BCUT2D eigenvalue weighted by Gasteiger charge is 2.57. The van der Waals surface area contributed by atoms with E-state index in [0.717, 1.165) is 48.7 Å². The number of halogens is 1. The van der Waals surface area contributed by atoms with E-state index in [-0.39, 0.29) is 12.0 Å². The van der Waals surface area contributed by atoms with E-state index in [1.807, 2.05) is 12.1 Å². The summed E-state index contributed by atoms with van der Waals surface area (Å²) in [6, 6.07) is 3.93. The van der Waals surface area contributed by atoms with Crippen molar-refractivity contribution in [3.05, 3.63) is 24.3 Å². The Bertz CT molecular complexity index is 786. The molecular formula is C28H43FN2O. The van der Waals surface area contributed by atoms with Crippen molar-refractivity contribution >= 4 is 5.69 Å². The minimum atomic E-state index is -0.374. The van der Waals surface area contributed by atoms with Crippen molar-refractivity contribution in [1.82, 2.24) is 4.98 Å². The van der Waals surface area contributed by atoms with E-state index in [2.05, 4.69) is 31.1 Å². The van der Waals surface area contributed by atoms with E-state index >= 15 is 0 Å². The fourth-order valence-electron chi connectivity index (χ4n) is 9.09. The first-order chi connectivity index (χ1) is 15.5. The van der Waals surface area contributed by atoms with E-state index in [9.17, 15) is 4.39 Å². The van der Waals surface area contributed by atoms with Gasteiger partial charge in [0.1, 0.15) is 0 Å². The van der Waals surface area contributed by atoms with Gasteiger partial charge >= 0.3 is 0 Å². The van der Waals surface area contributed by atoms with Gasteiger partial charge in [-0.15, -0.1) is 0 Å². The van der Waals surface area contributed by atoms with Crippen molar-refractivity contribution in [2.75, 3.05) is 18.5 Å². The lowest BCUT2D eigenvalue weighted by Crippen LogP contribution is -2.50. The zero-order valence-electron chi connectivity index (χ0n) is 20.4. The zero-order chi connectivity index (χ0) is 22.3. The fraction of sp³-hybridized carbons (Fsp3) is 0.821. The van der Waals surface area contributed by atoms with Gasteiger partial charge in [0.15, 0.2) is 0 Å². The summed E-state index contributed by atoms with van der Waals surface area (Å²) in [6.07, 6.45) is 14.1. The predicted molar refractivity (Wildman–Crippen MR) is 128 cm³/mol. The number of aromatic nitrogens is 1. The SMILES string of the molecule is CCOCC1CCC2C(CCC3C2CCC2(C)C(C(C)Nc4cccnc4F)CCC32)C1. The maximum Gasteiger partial charge on any atom is 0.236 e. The van der Waals surface area contributed by atoms with E-state index in [0.29, 0.717) is 17.0 Å². The Kier molecular flexibility index (Phi) is 6.53. The quantitative estimate of drug-likeness (QED) is 0.484. The van der Waals surface area contributed by atoms with Crippen LogP contribution in [-0.4, -0.2) is 24.2 Å². The summed E-state index contributed by atoms with van der Waals surface area (Å²) in [5.74, 6) is 5.70. The summed E-state index contributed by atoms with van der Waals surface area (Å²) in [7, 11) is 0. The molecule has 4 aliphatic carbocycles. The van der Waals surface area contributed by atoms with E-state index in [1.165, 1.54) is 64.0 Å². The number of nitrogens with one attached hydrogen (secondary N) is 1. The number of hydrogen-bond acceptors (Lipinski definition) is 3. The highest BCUT2D eigenvalue weighted by atomic mass is 19.1. The van der Waals surface area contributed by atoms with Gasteiger partial charge in [0.05, 0.1) is 5.69 Å². The Morgan fingerprint density at radius 1 is 1.12 bits per heavy atom. The number of fused-ring (bicyclic) bond motifs is 5. The molecule has 0 bridgehead atoms. The Morgan fingerprint density at radius 2 is 1.97 bits per heavy atom. The molecule has 0 saturated heterocycles. The topological polar surface area (TPSA) is 34.1 Å². The average Bonchev–Trinajstić information content (AvgIpc) is 3.16. The van der Waals surface area contributed by atoms with E-state index < -0.39 is 0 Å². The molecule has 0 radical (unpaired) electrons. The molecule has 1 N–H and O–H groups in total. The van der Waals surface area contributed by atoms with Crippen LogP contribution in [0.2, 0.25) is 0 Å². The van der Waals surface area contributed by atoms with Crippen LogP contribution in [0, 0.1) is 52.8 Å². The molecule has 32 heavy (non-hydrogen) atoms. The lowest BCUT2D eigenvalue weighted by atomic mass is 9.49. The van der Waals surface area contributed by atoms with Crippen molar-refractivity contribution in [3.8, 4) is 0 Å². The number of hydrogen-bond donors (Lipinski definition) is 1. The smallest absolute Gasteiger partial charge is 0.236 e. The second-order valence-corrected chi connectivity index (χ2v) is 11.8. The van der Waals surface area contributed by atoms with Crippen molar-refractivity contribution in [1.29, 1.82) is 0 Å². The predicted octanol–water partition coefficient (Wildman–Crippen LogP) is 6.94. The molecule has 1 aromatic rings. The third kappa shape index (κ3) is 3.99. The van der Waals surface area contributed by atoms with Gasteiger partial charge in [-0.25, -0.2) is 4.98 Å². The third-order valence-electron chi connectivity index (χ3n) is 10.4. The first-order valence-corrected chi connectivity index (χ1v) is 13.5. The van der Waals surface area contributed by atoms with Crippen LogP contribution in [0.25, 0.3) is 0 Å². The lowest BCUT2D eigenvalue weighted by Gasteiger charge is -2.57. The molecule has 4 heteroatoms. The van der Waals surface area contributed by atoms with Gasteiger partial charge in [0, 0.05) is 25.5 Å². The Labute approximate surface area is 194 Å². The zero-order valence-corrected chi connectivity index (χ0v) is 20.4. The Morgan fingerprint density at radius 3 is 2.78 bits per heavy atom. The molecule has 1 heterocycles. The van der Waals surface area contributed by atoms with Gasteiger partial charge < -0.3 is 10.1 Å². The summed E-state index contributed by atoms with van der Waals surface area (Å²) in [5, 5.41) is 3.50. The van der Waals surface area contributed by atoms with Gasteiger partial charge in [0.25, 0.3) is 0 Å². The average molecular weight is 443 g/mol. The van der Waals surface area contributed by atoms with Crippen molar-refractivity contribution in [2.45, 2.75) is 84.6 Å². The number of rotatable bonds is 6. The fourth-order valence-corrected chi connectivity index (χ4v) is 9.09. The van der Waals surface area contributed by atoms with Crippen LogP contribution in [-0.2, 0) is 4.74 Å². The van der Waals surface area contributed by atoms with Gasteiger partial charge in [-0.1, -0.05) is 6.92 Å². The summed E-state index contributed by atoms with van der Waals surface area (Å²) < 4.78 is 19.9. The largest absolute Gasteiger partial charge is 0.381 e. The molecule has 5 rings (SSSR count). The molecule has 0 aromatic carbocycles. The molecular weight excluding hydrogens is 399 g/mol. The molecule has 9 unspecified atom stereocenters. The van der Waals surface area contributed by atoms with Crippen molar-refractivity contribution < 1.29 is 9.13 Å². The molecule has 9 atom stereocenters. The van der Waals surface area contributed by atoms with Crippen LogP contribution < -0.4 is 5.32 Å². The maximum atomic E-state index is 14.2. The maximum absolute atomic E-state index is 14.2. The van der Waals surface area contributed by atoms with Gasteiger partial charge in [-0.3, -0.25) is 0 Å². The van der Waals surface area contributed by atoms with E-state index in [4.69, 9.17) is 4.74 Å². The summed E-state index contributed by atoms with van der Waals surface area (Å²) in [4.78, 5) is 3.83. The molecule has 4 fully saturated rings. The van der Waals surface area contributed by atoms with Crippen LogP contribution in [0.5, 0.6) is 0 Å². The molecule has 3 nitrogen and oxygen atoms in total. The number of pyridine rings is 1.